The van der Waals surface area contributed by atoms with Crippen LogP contribution in [0.5, 0.6) is 0 Å². The van der Waals surface area contributed by atoms with Crippen LogP contribution in [0.15, 0.2) is 290 Å². The van der Waals surface area contributed by atoms with E-state index in [1.165, 1.54) is 66.8 Å². The second-order valence-electron chi connectivity index (χ2n) is 19.8. The Balaban J connectivity index is 1.07. The predicted octanol–water partition coefficient (Wildman–Crippen LogP) is 18.6. The molecule has 0 fully saturated rings. The summed E-state index contributed by atoms with van der Waals surface area (Å²) in [6, 6.07) is 105. The molecule has 2 aliphatic rings. The second-order valence-corrected chi connectivity index (χ2v) is 19.8. The van der Waals surface area contributed by atoms with Crippen molar-refractivity contribution < 1.29 is 4.42 Å². The minimum atomic E-state index is -0.594. The van der Waals surface area contributed by atoms with Gasteiger partial charge in [-0.3, -0.25) is 0 Å². The first kappa shape index (κ1) is 42.2. The number of hydrogen-bond donors (Lipinski definition) is 0. The zero-order valence-electron chi connectivity index (χ0n) is 40.5. The molecular weight excluding hydrogens is 895 g/mol. The molecule has 1 heterocycles. The van der Waals surface area contributed by atoms with Gasteiger partial charge in [-0.1, -0.05) is 249 Å². The fraction of sp³-hybridized carbons (Fsp3) is 0.0278. The molecule has 0 saturated heterocycles. The Kier molecular flexibility index (Phi) is 9.43. The van der Waals surface area contributed by atoms with Crippen molar-refractivity contribution in [2.75, 3.05) is 4.90 Å². The van der Waals surface area contributed by atoms with Crippen LogP contribution in [0.4, 0.5) is 17.1 Å². The van der Waals surface area contributed by atoms with Crippen LogP contribution in [-0.4, -0.2) is 0 Å². The highest BCUT2D eigenvalue weighted by Gasteiger charge is 2.48. The maximum Gasteiger partial charge on any atom is 0.143 e. The van der Waals surface area contributed by atoms with E-state index in [1.807, 2.05) is 0 Å². The van der Waals surface area contributed by atoms with Gasteiger partial charge >= 0.3 is 0 Å². The van der Waals surface area contributed by atoms with Crippen LogP contribution >= 0.6 is 0 Å². The third kappa shape index (κ3) is 5.94. The van der Waals surface area contributed by atoms with E-state index in [9.17, 15) is 0 Å². The summed E-state index contributed by atoms with van der Waals surface area (Å²) in [6.07, 6.45) is 0. The fourth-order valence-corrected chi connectivity index (χ4v) is 13.2. The molecule has 0 spiro atoms. The molecule has 0 amide bonds. The lowest BCUT2D eigenvalue weighted by Crippen LogP contribution is -2.29. The molecule has 2 aliphatic carbocycles. The molecule has 13 aromatic rings. The number of hydrogen-bond acceptors (Lipinski definition) is 2. The molecule has 0 atom stereocenters. The summed E-state index contributed by atoms with van der Waals surface area (Å²) in [6.45, 7) is 0. The lowest BCUT2D eigenvalue weighted by molar-refractivity contribution is 0.673. The molecule has 0 N–H and O–H groups in total. The number of furan rings is 1. The van der Waals surface area contributed by atoms with Crippen molar-refractivity contribution in [2.45, 2.75) is 10.8 Å². The van der Waals surface area contributed by atoms with Gasteiger partial charge in [0.15, 0.2) is 0 Å². The average Bonchev–Trinajstić information content (AvgIpc) is 4.11. The van der Waals surface area contributed by atoms with E-state index < -0.39 is 10.8 Å². The molecule has 74 heavy (non-hydrogen) atoms. The van der Waals surface area contributed by atoms with Crippen LogP contribution < -0.4 is 4.90 Å². The Morgan fingerprint density at radius 3 is 1.19 bits per heavy atom. The molecule has 0 bridgehead atoms. The van der Waals surface area contributed by atoms with E-state index in [0.717, 1.165) is 60.9 Å². The fourth-order valence-electron chi connectivity index (χ4n) is 13.2. The lowest BCUT2D eigenvalue weighted by Gasteiger charge is -2.36. The van der Waals surface area contributed by atoms with E-state index >= 15 is 0 Å². The number of anilines is 3. The first-order valence-electron chi connectivity index (χ1n) is 25.7. The first-order valence-corrected chi connectivity index (χ1v) is 25.7. The normalized spacial score (nSPS) is 13.6. The van der Waals surface area contributed by atoms with Gasteiger partial charge in [0.2, 0.25) is 0 Å². The maximum atomic E-state index is 7.00. The highest BCUT2D eigenvalue weighted by atomic mass is 16.3. The van der Waals surface area contributed by atoms with Crippen molar-refractivity contribution in [3.63, 3.8) is 0 Å². The highest BCUT2D eigenvalue weighted by Crippen LogP contribution is 2.60. The third-order valence-electron chi connectivity index (χ3n) is 16.2. The van der Waals surface area contributed by atoms with E-state index in [4.69, 9.17) is 4.42 Å². The Hall–Kier alpha value is -9.50. The van der Waals surface area contributed by atoms with Crippen LogP contribution in [0, 0.1) is 0 Å². The second kappa shape index (κ2) is 16.5. The van der Waals surface area contributed by atoms with E-state index in [1.54, 1.807) is 0 Å². The van der Waals surface area contributed by atoms with Crippen LogP contribution in [0.3, 0.4) is 0 Å². The number of nitrogens with zero attached hydrogens (tertiary/aromatic N) is 1. The van der Waals surface area contributed by atoms with Crippen molar-refractivity contribution in [1.29, 1.82) is 0 Å². The summed E-state index contributed by atoms with van der Waals surface area (Å²) < 4.78 is 7.00. The number of fused-ring (bicyclic) bond motifs is 11. The molecule has 1 aromatic heterocycles. The van der Waals surface area contributed by atoms with Gasteiger partial charge in [0.25, 0.3) is 0 Å². The van der Waals surface area contributed by atoms with Gasteiger partial charge in [0.1, 0.15) is 11.2 Å². The molecular formula is C72H47NO. The summed E-state index contributed by atoms with van der Waals surface area (Å²) in [7, 11) is 0. The van der Waals surface area contributed by atoms with E-state index in [0.29, 0.717) is 0 Å². The molecule has 2 heteroatoms. The molecule has 346 valence electrons. The average molecular weight is 942 g/mol. The van der Waals surface area contributed by atoms with E-state index in [-0.39, 0.29) is 0 Å². The van der Waals surface area contributed by atoms with Gasteiger partial charge in [-0.15, -0.1) is 0 Å². The zero-order chi connectivity index (χ0) is 48.8. The molecule has 2 nitrogen and oxygen atoms in total. The van der Waals surface area contributed by atoms with Crippen molar-refractivity contribution >= 4 is 49.8 Å². The molecule has 0 aliphatic heterocycles. The summed E-state index contributed by atoms with van der Waals surface area (Å²) in [4.78, 5) is 2.54. The SMILES string of the molecule is c1ccc(-c2cccc3oc4c5ccccc5c(N(c5ccc6c(c5)C(c5ccccc5)(c5ccccc5)c5ccccc5-6)c5ccc6c(c5)C(c5ccccc5)(c5ccccc5)c5ccccc5-6)cc4c23)cc1. The summed E-state index contributed by atoms with van der Waals surface area (Å²) in [5.41, 5.74) is 21.0. The minimum Gasteiger partial charge on any atom is -0.455 e. The zero-order valence-corrected chi connectivity index (χ0v) is 40.5. The third-order valence-corrected chi connectivity index (χ3v) is 16.2. The maximum absolute atomic E-state index is 7.00. The lowest BCUT2D eigenvalue weighted by atomic mass is 9.67. The standard InChI is InChI=1S/C72H47NO/c1-6-23-48(24-7-1)55-37-22-40-68-69(55)62-47-67(60-35-16-17-36-61(60)70(62)74-68)73(53-41-43-58-56-33-18-20-38-63(56)71(65(58)45-53,49-25-8-2-9-26-49)50-27-10-3-11-28-50)54-42-44-59-57-34-19-21-39-64(57)72(66(59)46-54,51-29-12-4-13-30-51)52-31-14-5-15-32-52/h1-47H. The number of benzene rings is 12. The topological polar surface area (TPSA) is 16.4 Å². The first-order chi connectivity index (χ1) is 36.7. The Morgan fingerprint density at radius 1 is 0.284 bits per heavy atom. The minimum absolute atomic E-state index is 0.594. The van der Waals surface area contributed by atoms with Crippen LogP contribution in [0.2, 0.25) is 0 Å². The smallest absolute Gasteiger partial charge is 0.143 e. The largest absolute Gasteiger partial charge is 0.455 e. The van der Waals surface area contributed by atoms with Gasteiger partial charge < -0.3 is 9.32 Å². The molecule has 0 radical (unpaired) electrons. The van der Waals surface area contributed by atoms with Crippen LogP contribution in [0.1, 0.15) is 44.5 Å². The van der Waals surface area contributed by atoms with Gasteiger partial charge in [-0.05, 0) is 114 Å². The van der Waals surface area contributed by atoms with E-state index in [2.05, 4.69) is 290 Å². The molecule has 0 saturated carbocycles. The van der Waals surface area contributed by atoms with Crippen molar-refractivity contribution in [3.05, 3.63) is 330 Å². The Labute approximate surface area is 430 Å². The number of rotatable bonds is 8. The molecule has 12 aromatic carbocycles. The van der Waals surface area contributed by atoms with Gasteiger partial charge in [-0.25, -0.2) is 0 Å². The summed E-state index contributed by atoms with van der Waals surface area (Å²) in [5, 5.41) is 4.34. The van der Waals surface area contributed by atoms with Crippen molar-refractivity contribution in [3.8, 4) is 33.4 Å². The van der Waals surface area contributed by atoms with Gasteiger partial charge in [0, 0.05) is 32.9 Å². The monoisotopic (exact) mass is 941 g/mol. The van der Waals surface area contributed by atoms with Gasteiger partial charge in [-0.2, -0.15) is 0 Å². The summed E-state index contributed by atoms with van der Waals surface area (Å²) >= 11 is 0. The highest BCUT2D eigenvalue weighted by molar-refractivity contribution is 6.22. The van der Waals surface area contributed by atoms with Crippen molar-refractivity contribution in [2.24, 2.45) is 0 Å². The van der Waals surface area contributed by atoms with Crippen LogP contribution in [-0.2, 0) is 10.8 Å². The molecule has 0 unspecified atom stereocenters. The van der Waals surface area contributed by atoms with Crippen LogP contribution in [0.25, 0.3) is 66.1 Å². The van der Waals surface area contributed by atoms with Crippen molar-refractivity contribution in [1.82, 2.24) is 0 Å². The van der Waals surface area contributed by atoms with Gasteiger partial charge in [0.05, 0.1) is 16.5 Å². The summed E-state index contributed by atoms with van der Waals surface area (Å²) in [5.74, 6) is 0. The quantitative estimate of drug-likeness (QED) is 0.151. The Morgan fingerprint density at radius 2 is 0.689 bits per heavy atom. The Bertz CT molecular complexity index is 4030. The predicted molar refractivity (Wildman–Crippen MR) is 306 cm³/mol. The molecule has 15 rings (SSSR count).